The first-order valence-electron chi connectivity index (χ1n) is 11.5. The minimum Gasteiger partial charge on any atom is -0.395 e. The first kappa shape index (κ1) is 22.3. The third-order valence-corrected chi connectivity index (χ3v) is 8.77. The summed E-state index contributed by atoms with van der Waals surface area (Å²) in [6.07, 6.45) is 4.78. The van der Waals surface area contributed by atoms with Crippen LogP contribution in [0.1, 0.15) is 24.3 Å². The molecule has 3 atom stereocenters. The van der Waals surface area contributed by atoms with Gasteiger partial charge in [0.25, 0.3) is 10.0 Å². The van der Waals surface area contributed by atoms with E-state index in [1.54, 1.807) is 22.1 Å². The summed E-state index contributed by atoms with van der Waals surface area (Å²) < 4.78 is 29.9. The normalized spacial score (nSPS) is 24.5. The Bertz CT molecular complexity index is 1190. The molecule has 0 radical (unpaired) electrons. The van der Waals surface area contributed by atoms with E-state index in [2.05, 4.69) is 46.3 Å². The maximum absolute atomic E-state index is 13.3. The highest BCUT2D eigenvalue weighted by atomic mass is 32.2. The monoisotopic (exact) mass is 466 g/mol. The fourth-order valence-electron chi connectivity index (χ4n) is 5.31. The minimum absolute atomic E-state index is 0.00933. The van der Waals surface area contributed by atoms with Crippen LogP contribution in [0.4, 0.5) is 0 Å². The molecule has 2 aromatic carbocycles. The van der Waals surface area contributed by atoms with Gasteiger partial charge in [0.05, 0.1) is 12.9 Å². The SMILES string of the molecule is Cn1cnc(S(=O)(=O)N2CCCCN3[C@@H](CO)[C@@H](c4ccc(-c5ccccc5)cc4)[C@@H]3C2)c1. The van der Waals surface area contributed by atoms with Crippen LogP contribution >= 0.6 is 0 Å². The van der Waals surface area contributed by atoms with Gasteiger partial charge in [-0.3, -0.25) is 4.90 Å². The number of sulfonamides is 1. The van der Waals surface area contributed by atoms with Gasteiger partial charge in [-0.05, 0) is 36.1 Å². The number of aliphatic hydroxyl groups excluding tert-OH is 1. The maximum Gasteiger partial charge on any atom is 0.262 e. The third kappa shape index (κ3) is 4.12. The second-order valence-electron chi connectivity index (χ2n) is 9.02. The lowest BCUT2D eigenvalue weighted by molar-refractivity contribution is -0.0554. The first-order chi connectivity index (χ1) is 16.0. The standard InChI is InChI=1S/C25H30N4O3S/c1-27-16-24(26-18-27)33(31,32)28-13-5-6-14-29-22(15-28)25(23(29)17-30)21-11-9-20(10-12-21)19-7-3-2-4-8-19/h2-4,7-12,16,18,22-23,25,30H,5-6,13-15,17H2,1H3/t22-,23-,25-/m0/s1. The van der Waals surface area contributed by atoms with Crippen LogP contribution in [0.25, 0.3) is 11.1 Å². The molecule has 3 heterocycles. The van der Waals surface area contributed by atoms with Crippen molar-refractivity contribution in [1.82, 2.24) is 18.8 Å². The summed E-state index contributed by atoms with van der Waals surface area (Å²) in [4.78, 5) is 6.39. The number of fused-ring (bicyclic) bond motifs is 1. The highest BCUT2D eigenvalue weighted by Gasteiger charge is 2.50. The second kappa shape index (κ2) is 9.02. The Morgan fingerprint density at radius 3 is 2.36 bits per heavy atom. The van der Waals surface area contributed by atoms with Crippen molar-refractivity contribution in [1.29, 1.82) is 0 Å². The van der Waals surface area contributed by atoms with Crippen molar-refractivity contribution in [3.8, 4) is 11.1 Å². The molecule has 5 rings (SSSR count). The van der Waals surface area contributed by atoms with Gasteiger partial charge in [-0.1, -0.05) is 54.6 Å². The molecule has 2 aliphatic heterocycles. The van der Waals surface area contributed by atoms with Gasteiger partial charge in [-0.25, -0.2) is 13.4 Å². The van der Waals surface area contributed by atoms with E-state index in [9.17, 15) is 13.5 Å². The molecule has 8 heteroatoms. The molecular formula is C25H30N4O3S. The van der Waals surface area contributed by atoms with Gasteiger partial charge in [-0.15, -0.1) is 0 Å². The zero-order valence-electron chi connectivity index (χ0n) is 18.8. The van der Waals surface area contributed by atoms with Crippen LogP contribution in [0.3, 0.4) is 0 Å². The molecule has 7 nitrogen and oxygen atoms in total. The molecule has 0 spiro atoms. The molecule has 1 N–H and O–H groups in total. The molecule has 2 aliphatic rings. The zero-order valence-corrected chi connectivity index (χ0v) is 19.6. The van der Waals surface area contributed by atoms with E-state index in [1.165, 1.54) is 6.33 Å². The number of rotatable bonds is 5. The molecule has 0 amide bonds. The van der Waals surface area contributed by atoms with Crippen molar-refractivity contribution in [2.75, 3.05) is 26.2 Å². The summed E-state index contributed by atoms with van der Waals surface area (Å²) in [7, 11) is -1.89. The molecule has 0 aliphatic carbocycles. The lowest BCUT2D eigenvalue weighted by atomic mass is 9.74. The first-order valence-corrected chi connectivity index (χ1v) is 12.9. The van der Waals surface area contributed by atoms with Crippen molar-refractivity contribution < 1.29 is 13.5 Å². The van der Waals surface area contributed by atoms with Crippen LogP contribution in [-0.4, -0.2) is 70.6 Å². The number of hydrogen-bond acceptors (Lipinski definition) is 5. The van der Waals surface area contributed by atoms with Crippen LogP contribution in [0.15, 0.2) is 72.1 Å². The summed E-state index contributed by atoms with van der Waals surface area (Å²) >= 11 is 0. The Morgan fingerprint density at radius 1 is 1.00 bits per heavy atom. The van der Waals surface area contributed by atoms with E-state index in [0.717, 1.165) is 36.1 Å². The maximum atomic E-state index is 13.3. The lowest BCUT2D eigenvalue weighted by Gasteiger charge is -2.57. The topological polar surface area (TPSA) is 78.7 Å². The largest absolute Gasteiger partial charge is 0.395 e. The van der Waals surface area contributed by atoms with Crippen LogP contribution < -0.4 is 0 Å². The van der Waals surface area contributed by atoms with E-state index >= 15 is 0 Å². The van der Waals surface area contributed by atoms with Gasteiger partial charge in [0, 0.05) is 44.3 Å². The van der Waals surface area contributed by atoms with Gasteiger partial charge in [0.15, 0.2) is 5.03 Å². The Hall–Kier alpha value is -2.52. The summed E-state index contributed by atoms with van der Waals surface area (Å²) in [5, 5.41) is 10.3. The highest BCUT2D eigenvalue weighted by Crippen LogP contribution is 2.42. The van der Waals surface area contributed by atoms with Crippen molar-refractivity contribution >= 4 is 10.0 Å². The molecule has 174 valence electrons. The van der Waals surface area contributed by atoms with Crippen LogP contribution in [0.5, 0.6) is 0 Å². The molecule has 2 saturated heterocycles. The van der Waals surface area contributed by atoms with Crippen LogP contribution in [-0.2, 0) is 17.1 Å². The Morgan fingerprint density at radius 2 is 1.70 bits per heavy atom. The van der Waals surface area contributed by atoms with Crippen molar-refractivity contribution in [2.45, 2.75) is 35.9 Å². The average molecular weight is 467 g/mol. The Balaban J connectivity index is 1.42. The minimum atomic E-state index is -3.66. The fraction of sp³-hybridized carbons (Fsp3) is 0.400. The van der Waals surface area contributed by atoms with E-state index in [4.69, 9.17) is 0 Å². The van der Waals surface area contributed by atoms with Crippen molar-refractivity contribution in [2.24, 2.45) is 7.05 Å². The number of aliphatic hydroxyl groups is 1. The van der Waals surface area contributed by atoms with E-state index in [-0.39, 0.29) is 29.6 Å². The number of aromatic nitrogens is 2. The second-order valence-corrected chi connectivity index (χ2v) is 10.9. The molecule has 33 heavy (non-hydrogen) atoms. The molecule has 0 saturated carbocycles. The molecule has 3 aromatic rings. The number of imidazole rings is 1. The smallest absolute Gasteiger partial charge is 0.262 e. The van der Waals surface area contributed by atoms with Crippen molar-refractivity contribution in [3.05, 3.63) is 72.7 Å². The van der Waals surface area contributed by atoms with Gasteiger partial charge in [0.2, 0.25) is 0 Å². The van der Waals surface area contributed by atoms with E-state index in [1.807, 2.05) is 18.2 Å². The number of benzene rings is 2. The van der Waals surface area contributed by atoms with Crippen LogP contribution in [0, 0.1) is 0 Å². The molecule has 2 fully saturated rings. The number of aryl methyl sites for hydroxylation is 1. The molecule has 0 bridgehead atoms. The summed E-state index contributed by atoms with van der Waals surface area (Å²) in [5.41, 5.74) is 3.45. The predicted molar refractivity (Wildman–Crippen MR) is 127 cm³/mol. The molecule has 1 aromatic heterocycles. The van der Waals surface area contributed by atoms with Gasteiger partial charge < -0.3 is 9.67 Å². The molecular weight excluding hydrogens is 436 g/mol. The number of nitrogens with zero attached hydrogens (tertiary/aromatic N) is 4. The van der Waals surface area contributed by atoms with Crippen LogP contribution in [0.2, 0.25) is 0 Å². The average Bonchev–Trinajstić information content (AvgIpc) is 3.26. The number of hydrogen-bond donors (Lipinski definition) is 1. The van der Waals surface area contributed by atoms with E-state index < -0.39 is 10.0 Å². The highest BCUT2D eigenvalue weighted by molar-refractivity contribution is 7.89. The molecule has 0 unspecified atom stereocenters. The summed E-state index contributed by atoms with van der Waals surface area (Å²) in [5.74, 6) is 0.0827. The third-order valence-electron chi connectivity index (χ3n) is 7.02. The van der Waals surface area contributed by atoms with Crippen molar-refractivity contribution in [3.63, 3.8) is 0 Å². The van der Waals surface area contributed by atoms with Gasteiger partial charge in [-0.2, -0.15) is 4.31 Å². The lowest BCUT2D eigenvalue weighted by Crippen LogP contribution is -2.67. The predicted octanol–water partition coefficient (Wildman–Crippen LogP) is 2.70. The van der Waals surface area contributed by atoms with Gasteiger partial charge >= 0.3 is 0 Å². The Labute approximate surface area is 195 Å². The summed E-state index contributed by atoms with van der Waals surface area (Å²) in [6.45, 7) is 1.84. The summed E-state index contributed by atoms with van der Waals surface area (Å²) in [6, 6.07) is 18.8. The quantitative estimate of drug-likeness (QED) is 0.626. The van der Waals surface area contributed by atoms with E-state index in [0.29, 0.717) is 13.1 Å². The fourth-order valence-corrected chi connectivity index (χ4v) is 6.77. The Kier molecular flexibility index (Phi) is 6.09. The van der Waals surface area contributed by atoms with Gasteiger partial charge in [0.1, 0.15) is 0 Å². The zero-order chi connectivity index (χ0) is 23.0.